The highest BCUT2D eigenvalue weighted by Gasteiger charge is 2.12. The highest BCUT2D eigenvalue weighted by Crippen LogP contribution is 2.20. The summed E-state index contributed by atoms with van der Waals surface area (Å²) in [5.41, 5.74) is 0. The fourth-order valence-electron chi connectivity index (χ4n) is 1.96. The van der Waals surface area contributed by atoms with Crippen molar-refractivity contribution in [3.05, 3.63) is 0 Å². The van der Waals surface area contributed by atoms with Crippen LogP contribution in [0.3, 0.4) is 0 Å². The van der Waals surface area contributed by atoms with Gasteiger partial charge in [0.1, 0.15) is 0 Å². The molecule has 4 heteroatoms. The molecule has 0 unspecified atom stereocenters. The van der Waals surface area contributed by atoms with Crippen LogP contribution >= 0.6 is 15.9 Å². The molecule has 94 valence electrons. The molecule has 0 aromatic rings. The minimum absolute atomic E-state index is 0.120. The standard InChI is InChI=1S/C12H22BrNO2/c13-8-7-12(15)14-9-4-10-16-11-5-2-1-3-6-11/h11H,1-10H2,(H,14,15). The van der Waals surface area contributed by atoms with Crippen molar-refractivity contribution in [2.75, 3.05) is 18.5 Å². The van der Waals surface area contributed by atoms with Crippen LogP contribution in [0.1, 0.15) is 44.9 Å². The lowest BCUT2D eigenvalue weighted by molar-refractivity contribution is -0.120. The maximum atomic E-state index is 11.1. The summed E-state index contributed by atoms with van der Waals surface area (Å²) >= 11 is 3.24. The van der Waals surface area contributed by atoms with Gasteiger partial charge in [-0.1, -0.05) is 35.2 Å². The molecule has 1 aliphatic carbocycles. The zero-order chi connectivity index (χ0) is 11.6. The van der Waals surface area contributed by atoms with Crippen LogP contribution in [0.2, 0.25) is 0 Å². The van der Waals surface area contributed by atoms with Gasteiger partial charge in [0.15, 0.2) is 0 Å². The van der Waals surface area contributed by atoms with Crippen LogP contribution in [-0.4, -0.2) is 30.5 Å². The van der Waals surface area contributed by atoms with Gasteiger partial charge < -0.3 is 10.1 Å². The van der Waals surface area contributed by atoms with E-state index in [0.717, 1.165) is 24.9 Å². The second-order valence-corrected chi connectivity index (χ2v) is 5.07. The van der Waals surface area contributed by atoms with E-state index in [0.29, 0.717) is 12.5 Å². The van der Waals surface area contributed by atoms with Gasteiger partial charge >= 0.3 is 0 Å². The zero-order valence-electron chi connectivity index (χ0n) is 9.84. The molecule has 0 bridgehead atoms. The van der Waals surface area contributed by atoms with Crippen molar-refractivity contribution >= 4 is 21.8 Å². The van der Waals surface area contributed by atoms with Crippen LogP contribution in [0.15, 0.2) is 0 Å². The van der Waals surface area contributed by atoms with Crippen LogP contribution in [0.4, 0.5) is 0 Å². The lowest BCUT2D eigenvalue weighted by atomic mass is 9.98. The van der Waals surface area contributed by atoms with E-state index >= 15 is 0 Å². The van der Waals surface area contributed by atoms with Crippen molar-refractivity contribution in [1.82, 2.24) is 5.32 Å². The fraction of sp³-hybridized carbons (Fsp3) is 0.917. The SMILES string of the molecule is O=C(CCBr)NCCCOC1CCCCC1. The van der Waals surface area contributed by atoms with Gasteiger partial charge in [0.05, 0.1) is 6.10 Å². The molecule has 0 spiro atoms. The zero-order valence-corrected chi connectivity index (χ0v) is 11.4. The first-order valence-electron chi connectivity index (χ1n) is 6.27. The van der Waals surface area contributed by atoms with Gasteiger partial charge in [0.2, 0.25) is 5.91 Å². The first-order valence-corrected chi connectivity index (χ1v) is 7.39. The summed E-state index contributed by atoms with van der Waals surface area (Å²) in [6.45, 7) is 1.51. The molecule has 1 amide bonds. The van der Waals surface area contributed by atoms with Gasteiger partial charge in [0.25, 0.3) is 0 Å². The first kappa shape index (κ1) is 14.0. The normalized spacial score (nSPS) is 17.3. The first-order chi connectivity index (χ1) is 7.83. The van der Waals surface area contributed by atoms with E-state index in [4.69, 9.17) is 4.74 Å². The molecular formula is C12H22BrNO2. The Morgan fingerprint density at radius 2 is 2.06 bits per heavy atom. The second-order valence-electron chi connectivity index (χ2n) is 4.27. The van der Waals surface area contributed by atoms with Crippen LogP contribution in [-0.2, 0) is 9.53 Å². The molecule has 1 N–H and O–H groups in total. The van der Waals surface area contributed by atoms with Gasteiger partial charge in [0, 0.05) is 24.9 Å². The minimum Gasteiger partial charge on any atom is -0.378 e. The Bertz CT molecular complexity index is 193. The lowest BCUT2D eigenvalue weighted by Gasteiger charge is -2.21. The van der Waals surface area contributed by atoms with E-state index in [1.807, 2.05) is 0 Å². The van der Waals surface area contributed by atoms with Crippen LogP contribution in [0.5, 0.6) is 0 Å². The molecule has 0 aromatic carbocycles. The number of alkyl halides is 1. The highest BCUT2D eigenvalue weighted by molar-refractivity contribution is 9.09. The summed E-state index contributed by atoms with van der Waals surface area (Å²) in [5.74, 6) is 0.120. The van der Waals surface area contributed by atoms with Crippen molar-refractivity contribution < 1.29 is 9.53 Å². The molecule has 1 fully saturated rings. The third kappa shape index (κ3) is 6.48. The summed E-state index contributed by atoms with van der Waals surface area (Å²) in [7, 11) is 0. The number of halogens is 1. The van der Waals surface area contributed by atoms with Gasteiger partial charge in [-0.05, 0) is 19.3 Å². The number of hydrogen-bond donors (Lipinski definition) is 1. The molecule has 0 heterocycles. The summed E-state index contributed by atoms with van der Waals surface area (Å²) in [6.07, 6.45) is 8.38. The van der Waals surface area contributed by atoms with Crippen LogP contribution in [0.25, 0.3) is 0 Å². The molecule has 0 aromatic heterocycles. The largest absolute Gasteiger partial charge is 0.378 e. The Balaban J connectivity index is 1.89. The van der Waals surface area contributed by atoms with E-state index in [-0.39, 0.29) is 5.91 Å². The van der Waals surface area contributed by atoms with Crippen molar-refractivity contribution in [1.29, 1.82) is 0 Å². The Hall–Kier alpha value is -0.0900. The average Bonchev–Trinajstić information content (AvgIpc) is 2.30. The van der Waals surface area contributed by atoms with E-state index in [1.54, 1.807) is 0 Å². The number of carbonyl (C=O) groups is 1. The van der Waals surface area contributed by atoms with E-state index in [9.17, 15) is 4.79 Å². The highest BCUT2D eigenvalue weighted by atomic mass is 79.9. The van der Waals surface area contributed by atoms with Crippen molar-refractivity contribution in [3.8, 4) is 0 Å². The third-order valence-electron chi connectivity index (χ3n) is 2.87. The number of nitrogens with one attached hydrogen (secondary N) is 1. The van der Waals surface area contributed by atoms with Crippen molar-refractivity contribution in [3.63, 3.8) is 0 Å². The molecule has 0 saturated heterocycles. The van der Waals surface area contributed by atoms with Gasteiger partial charge in [-0.15, -0.1) is 0 Å². The number of carbonyl (C=O) groups excluding carboxylic acids is 1. The fourth-order valence-corrected chi connectivity index (χ4v) is 2.32. The van der Waals surface area contributed by atoms with E-state index in [2.05, 4.69) is 21.2 Å². The molecule has 16 heavy (non-hydrogen) atoms. The molecule has 1 saturated carbocycles. The van der Waals surface area contributed by atoms with E-state index in [1.165, 1.54) is 32.1 Å². The summed E-state index contributed by atoms with van der Waals surface area (Å²) in [5, 5.41) is 3.61. The Kier molecular flexibility index (Phi) is 7.85. The molecule has 1 aliphatic rings. The maximum absolute atomic E-state index is 11.1. The topological polar surface area (TPSA) is 38.3 Å². The van der Waals surface area contributed by atoms with E-state index < -0.39 is 0 Å². The average molecular weight is 292 g/mol. The molecule has 0 aliphatic heterocycles. The maximum Gasteiger partial charge on any atom is 0.220 e. The Labute approximate surface area is 106 Å². The predicted octanol–water partition coefficient (Wildman–Crippen LogP) is 2.63. The predicted molar refractivity (Wildman–Crippen MR) is 68.9 cm³/mol. The molecular weight excluding hydrogens is 270 g/mol. The summed E-state index contributed by atoms with van der Waals surface area (Å²) in [6, 6.07) is 0. The van der Waals surface area contributed by atoms with Gasteiger partial charge in [-0.3, -0.25) is 4.79 Å². The third-order valence-corrected chi connectivity index (χ3v) is 3.27. The quantitative estimate of drug-likeness (QED) is 0.578. The second kappa shape index (κ2) is 8.99. The van der Waals surface area contributed by atoms with Crippen LogP contribution in [0, 0.1) is 0 Å². The van der Waals surface area contributed by atoms with Crippen molar-refractivity contribution in [2.24, 2.45) is 0 Å². The van der Waals surface area contributed by atoms with Gasteiger partial charge in [-0.2, -0.15) is 0 Å². The molecule has 0 atom stereocenters. The van der Waals surface area contributed by atoms with Crippen molar-refractivity contribution in [2.45, 2.75) is 51.0 Å². The number of rotatable bonds is 7. The monoisotopic (exact) mass is 291 g/mol. The molecule has 3 nitrogen and oxygen atoms in total. The minimum atomic E-state index is 0.120. The Morgan fingerprint density at radius 3 is 2.75 bits per heavy atom. The molecule has 0 radical (unpaired) electrons. The smallest absolute Gasteiger partial charge is 0.220 e. The summed E-state index contributed by atoms with van der Waals surface area (Å²) in [4.78, 5) is 11.1. The lowest BCUT2D eigenvalue weighted by Crippen LogP contribution is -2.26. The summed E-state index contributed by atoms with van der Waals surface area (Å²) < 4.78 is 5.76. The number of amides is 1. The van der Waals surface area contributed by atoms with Gasteiger partial charge in [-0.25, -0.2) is 0 Å². The van der Waals surface area contributed by atoms with Crippen LogP contribution < -0.4 is 5.32 Å². The number of ether oxygens (including phenoxy) is 1. The number of hydrogen-bond acceptors (Lipinski definition) is 2. The Morgan fingerprint density at radius 1 is 1.31 bits per heavy atom. The molecule has 1 rings (SSSR count).